The van der Waals surface area contributed by atoms with Gasteiger partial charge in [-0.15, -0.1) is 5.56 Å². The number of amides is 1. The standard InChI is InChI=1S/C13H9.C12H11Si.C2H5NO.2ClH.Ti/c1-3-7-12-10(5-1)9-11-6-2-4-8-13(11)12;1-3-7-11(8-4-1)13-12-9-5-2-6-10-12;1-2(3)4;;;/h1-5,7-8H,9H2;1-10,13H;1H3,(H2,3,4);2*1H;/q-1;;;;;+2/p-3. The fourth-order valence-electron chi connectivity index (χ4n) is 3.29. The van der Waals surface area contributed by atoms with E-state index in [-0.39, 0.29) is 9.52 Å². The number of benzene rings is 4. The number of fused-ring (bicyclic) bond motifs is 3. The molecule has 0 spiro atoms. The van der Waals surface area contributed by atoms with Gasteiger partial charge in [-0.3, -0.25) is 0 Å². The number of carbonyl (C=O) groups is 1. The third-order valence-corrected chi connectivity index (χ3v) is 5.99. The average molecular weight is 525 g/mol. The molecule has 0 bridgehead atoms. The molecule has 4 aromatic carbocycles. The molecule has 1 amide bonds. The zero-order valence-corrected chi connectivity index (χ0v) is 22.5. The van der Waals surface area contributed by atoms with Crippen LogP contribution in [-0.2, 0) is 28.2 Å². The van der Waals surface area contributed by atoms with E-state index >= 15 is 0 Å². The molecule has 0 fully saturated rings. The van der Waals surface area contributed by atoms with E-state index in [4.69, 9.17) is 29.1 Å². The predicted octanol–water partition coefficient (Wildman–Crippen LogP) is 6.09. The minimum absolute atomic E-state index is 0.271. The molecule has 1 aliphatic rings. The minimum Gasteiger partial charge on any atom is -0.179 e. The van der Waals surface area contributed by atoms with Crippen LogP contribution in [0.5, 0.6) is 0 Å². The summed E-state index contributed by atoms with van der Waals surface area (Å²) in [7, 11) is 10.0. The van der Waals surface area contributed by atoms with E-state index in [0.29, 0.717) is 0 Å². The molecule has 2 nitrogen and oxygen atoms in total. The molecule has 5 rings (SSSR count). The van der Waals surface area contributed by atoms with Crippen molar-refractivity contribution in [1.29, 1.82) is 0 Å². The molecule has 6 heteroatoms. The van der Waals surface area contributed by atoms with E-state index in [9.17, 15) is 0 Å². The minimum atomic E-state index is -0.583. The second-order valence-corrected chi connectivity index (χ2v) is 11.2. The van der Waals surface area contributed by atoms with E-state index < -0.39 is 22.9 Å². The number of rotatable bonds is 2. The summed E-state index contributed by atoms with van der Waals surface area (Å²) >= 11 is -0.556. The largest absolute Gasteiger partial charge is 0.179 e. The maximum atomic E-state index is 9.11. The van der Waals surface area contributed by atoms with Gasteiger partial charge in [-0.1, -0.05) is 106 Å². The fraction of sp³-hybridized carbons (Fsp3) is 0.0741. The smallest absolute Gasteiger partial charge is 0.103 e. The Balaban J connectivity index is 0.000000184. The van der Waals surface area contributed by atoms with E-state index in [1.54, 1.807) is 0 Å². The molecule has 0 saturated carbocycles. The Bertz CT molecular complexity index is 1030. The number of hydrogen-bond donors (Lipinski definition) is 0. The van der Waals surface area contributed by atoms with Crippen molar-refractivity contribution < 1.29 is 21.8 Å². The first kappa shape index (κ1) is 27.1. The molecule has 1 N–H and O–H groups in total. The molecule has 0 aliphatic heterocycles. The van der Waals surface area contributed by atoms with Gasteiger partial charge < -0.3 is 10.5 Å². The summed E-state index contributed by atoms with van der Waals surface area (Å²) in [5.41, 5.74) is 11.5. The van der Waals surface area contributed by atoms with Crippen molar-refractivity contribution in [1.82, 2.24) is 0 Å². The Labute approximate surface area is 215 Å². The van der Waals surface area contributed by atoms with Gasteiger partial charge in [0.05, 0.1) is 0 Å². The van der Waals surface area contributed by atoms with E-state index in [1.807, 2.05) is 6.07 Å². The Hall–Kier alpha value is -2.14. The van der Waals surface area contributed by atoms with E-state index in [2.05, 4.69) is 103 Å². The SMILES string of the molecule is CC([NH-])=O.[Cl][Ti][Cl].[c-]1cccc2c1Cc1ccccc1-2.c1ccc([SiH]c2ccccc2)cc1. The zero-order valence-electron chi connectivity index (χ0n) is 18.3. The van der Waals surface area contributed by atoms with Crippen LogP contribution in [0.15, 0.2) is 103 Å². The molecular formula is C27H24Cl2NOSiTi-2. The van der Waals surface area contributed by atoms with Crippen molar-refractivity contribution >= 4 is 44.4 Å². The summed E-state index contributed by atoms with van der Waals surface area (Å²) in [4.78, 5) is 9.11. The van der Waals surface area contributed by atoms with Crippen LogP contribution in [0.25, 0.3) is 16.9 Å². The molecule has 1 aliphatic carbocycles. The second kappa shape index (κ2) is 15.7. The molecule has 0 aromatic heterocycles. The van der Waals surface area contributed by atoms with Crippen molar-refractivity contribution in [3.8, 4) is 11.1 Å². The maximum absolute atomic E-state index is 9.11. The van der Waals surface area contributed by atoms with Crippen LogP contribution in [0.2, 0.25) is 0 Å². The topological polar surface area (TPSA) is 40.9 Å². The van der Waals surface area contributed by atoms with Gasteiger partial charge in [-0.2, -0.15) is 29.8 Å². The average Bonchev–Trinajstić information content (AvgIpc) is 3.20. The van der Waals surface area contributed by atoms with Crippen molar-refractivity contribution in [3.63, 3.8) is 0 Å². The Morgan fingerprint density at radius 1 is 0.818 bits per heavy atom. The van der Waals surface area contributed by atoms with Crippen LogP contribution in [0, 0.1) is 6.07 Å². The summed E-state index contributed by atoms with van der Waals surface area (Å²) in [6, 6.07) is 39.4. The number of halogens is 2. The molecule has 0 unspecified atom stereocenters. The second-order valence-electron chi connectivity index (χ2n) is 6.99. The van der Waals surface area contributed by atoms with Crippen molar-refractivity contribution in [2.75, 3.05) is 0 Å². The molecule has 33 heavy (non-hydrogen) atoms. The van der Waals surface area contributed by atoms with Gasteiger partial charge in [0, 0.05) is 5.91 Å². The van der Waals surface area contributed by atoms with Crippen LogP contribution in [-0.4, -0.2) is 15.4 Å². The normalized spacial score (nSPS) is 9.91. The van der Waals surface area contributed by atoms with Crippen molar-refractivity contribution in [2.45, 2.75) is 13.3 Å². The number of nitrogens with one attached hydrogen (secondary N) is 1. The third-order valence-electron chi connectivity index (χ3n) is 4.55. The van der Waals surface area contributed by atoms with E-state index in [0.717, 1.165) is 6.42 Å². The molecule has 0 atom stereocenters. The van der Waals surface area contributed by atoms with Gasteiger partial charge in [0.1, 0.15) is 9.52 Å². The van der Waals surface area contributed by atoms with Gasteiger partial charge >= 0.3 is 35.6 Å². The van der Waals surface area contributed by atoms with Crippen molar-refractivity contribution in [2.24, 2.45) is 0 Å². The number of carbonyl (C=O) groups excluding carboxylic acids is 1. The summed E-state index contributed by atoms with van der Waals surface area (Å²) in [6.07, 6.45) is 1.05. The Morgan fingerprint density at radius 3 is 1.82 bits per heavy atom. The molecule has 1 radical (unpaired) electrons. The first-order valence-corrected chi connectivity index (χ1v) is 15.7. The molecule has 167 valence electrons. The summed E-state index contributed by atoms with van der Waals surface area (Å²) in [6.45, 7) is 1.19. The maximum Gasteiger partial charge on any atom is 0.103 e. The molecular weight excluding hydrogens is 501 g/mol. The van der Waals surface area contributed by atoms with Gasteiger partial charge in [0.15, 0.2) is 0 Å². The van der Waals surface area contributed by atoms with Crippen LogP contribution in [0.4, 0.5) is 0 Å². The number of hydrogen-bond acceptors (Lipinski definition) is 1. The quantitative estimate of drug-likeness (QED) is 0.203. The Kier molecular flexibility index (Phi) is 12.9. The van der Waals surface area contributed by atoms with Gasteiger partial charge in [0.2, 0.25) is 0 Å². The Morgan fingerprint density at radius 2 is 1.27 bits per heavy atom. The van der Waals surface area contributed by atoms with Gasteiger partial charge in [0.25, 0.3) is 0 Å². The van der Waals surface area contributed by atoms with Gasteiger partial charge in [-0.25, -0.2) is 0 Å². The van der Waals surface area contributed by atoms with Crippen LogP contribution in [0.3, 0.4) is 0 Å². The summed E-state index contributed by atoms with van der Waals surface area (Å²) in [5.74, 6) is -0.583. The summed E-state index contributed by atoms with van der Waals surface area (Å²) in [5, 5.41) is 2.90. The van der Waals surface area contributed by atoms with Crippen LogP contribution < -0.4 is 10.4 Å². The van der Waals surface area contributed by atoms with E-state index in [1.165, 1.54) is 39.6 Å². The first-order chi connectivity index (χ1) is 16.0. The summed E-state index contributed by atoms with van der Waals surface area (Å²) < 4.78 is 0. The van der Waals surface area contributed by atoms with Gasteiger partial charge in [-0.05, 0) is 13.3 Å². The molecule has 0 heterocycles. The fourth-order valence-corrected chi connectivity index (χ4v) is 4.50. The zero-order chi connectivity index (χ0) is 23.9. The van der Waals surface area contributed by atoms with Crippen LogP contribution >= 0.6 is 18.6 Å². The molecule has 0 saturated heterocycles. The van der Waals surface area contributed by atoms with Crippen molar-refractivity contribution in [3.05, 3.63) is 126 Å². The third kappa shape index (κ3) is 10.1. The monoisotopic (exact) mass is 524 g/mol. The predicted molar refractivity (Wildman–Crippen MR) is 140 cm³/mol. The van der Waals surface area contributed by atoms with Crippen LogP contribution in [0.1, 0.15) is 18.1 Å². The first-order valence-electron chi connectivity index (χ1n) is 10.3. The molecule has 4 aromatic rings.